The van der Waals surface area contributed by atoms with Crippen LogP contribution in [0.15, 0.2) is 35.1 Å². The summed E-state index contributed by atoms with van der Waals surface area (Å²) >= 11 is 0. The minimum Gasteiger partial charge on any atom is -0.444 e. The Balaban J connectivity index is 1.48. The lowest BCUT2D eigenvalue weighted by Gasteiger charge is -2.29. The second kappa shape index (κ2) is 8.36. The van der Waals surface area contributed by atoms with E-state index < -0.39 is 17.7 Å². The molecule has 2 saturated carbocycles. The Labute approximate surface area is 183 Å². The topological polar surface area (TPSA) is 93.5 Å². The van der Waals surface area contributed by atoms with Crippen LogP contribution in [0.3, 0.4) is 0 Å². The van der Waals surface area contributed by atoms with Gasteiger partial charge in [-0.15, -0.1) is 0 Å². The number of ether oxygens (including phenoxy) is 1. The Kier molecular flexibility index (Phi) is 5.77. The Morgan fingerprint density at radius 2 is 1.71 bits per heavy atom. The Bertz CT molecular complexity index is 924. The van der Waals surface area contributed by atoms with Crippen LogP contribution in [0.5, 0.6) is 0 Å². The Morgan fingerprint density at radius 3 is 2.19 bits per heavy atom. The Morgan fingerprint density at radius 1 is 1.10 bits per heavy atom. The molecule has 2 fully saturated rings. The summed E-state index contributed by atoms with van der Waals surface area (Å²) in [5, 5.41) is 5.87. The van der Waals surface area contributed by atoms with Gasteiger partial charge >= 0.3 is 6.09 Å². The summed E-state index contributed by atoms with van der Waals surface area (Å²) in [4.78, 5) is 29.9. The number of alkyl carbamates (subject to hydrolysis) is 1. The van der Waals surface area contributed by atoms with Crippen LogP contribution in [0, 0.1) is 24.7 Å². The van der Waals surface area contributed by atoms with Gasteiger partial charge in [-0.3, -0.25) is 4.79 Å². The van der Waals surface area contributed by atoms with Crippen molar-refractivity contribution in [1.29, 1.82) is 0 Å². The molecule has 1 atom stereocenters. The molecule has 2 N–H and O–H groups in total. The van der Waals surface area contributed by atoms with Crippen LogP contribution < -0.4 is 10.6 Å². The van der Waals surface area contributed by atoms with Crippen molar-refractivity contribution in [2.45, 2.75) is 65.0 Å². The fourth-order valence-corrected chi connectivity index (χ4v) is 4.17. The number of hydrogen-bond acceptors (Lipinski definition) is 5. The van der Waals surface area contributed by atoms with E-state index >= 15 is 0 Å². The third-order valence-corrected chi connectivity index (χ3v) is 5.83. The molecule has 166 valence electrons. The molecule has 0 aliphatic heterocycles. The average molecular weight is 426 g/mol. The highest BCUT2D eigenvalue weighted by Crippen LogP contribution is 2.50. The van der Waals surface area contributed by atoms with Crippen molar-refractivity contribution in [2.24, 2.45) is 17.8 Å². The van der Waals surface area contributed by atoms with E-state index in [1.54, 1.807) is 0 Å². The van der Waals surface area contributed by atoms with Crippen molar-refractivity contribution in [3.8, 4) is 11.3 Å². The van der Waals surface area contributed by atoms with Gasteiger partial charge < -0.3 is 19.8 Å². The molecule has 0 bridgehead atoms. The number of nitrogens with one attached hydrogen (secondary N) is 2. The predicted octanol–water partition coefficient (Wildman–Crippen LogP) is 4.92. The maximum absolute atomic E-state index is 13.3. The van der Waals surface area contributed by atoms with Crippen molar-refractivity contribution >= 4 is 17.7 Å². The summed E-state index contributed by atoms with van der Waals surface area (Å²) in [7, 11) is 0. The molecule has 7 nitrogen and oxygen atoms in total. The summed E-state index contributed by atoms with van der Waals surface area (Å²) < 4.78 is 10.9. The number of carbonyl (C=O) groups is 2. The number of aryl methyl sites for hydroxylation is 1. The second-order valence-corrected chi connectivity index (χ2v) is 9.71. The summed E-state index contributed by atoms with van der Waals surface area (Å²) in [6.07, 6.45) is 5.34. The molecule has 7 heteroatoms. The van der Waals surface area contributed by atoms with Crippen molar-refractivity contribution in [1.82, 2.24) is 10.3 Å². The number of amides is 2. The molecule has 4 rings (SSSR count). The molecule has 1 heterocycles. The minimum atomic E-state index is -0.617. The second-order valence-electron chi connectivity index (χ2n) is 9.71. The molecule has 0 unspecified atom stereocenters. The molecule has 0 radical (unpaired) electrons. The lowest BCUT2D eigenvalue weighted by Crippen LogP contribution is -2.51. The van der Waals surface area contributed by atoms with E-state index in [1.807, 2.05) is 52.0 Å². The first-order chi connectivity index (χ1) is 14.7. The largest absolute Gasteiger partial charge is 0.444 e. The fourth-order valence-electron chi connectivity index (χ4n) is 4.17. The molecule has 2 aliphatic carbocycles. The van der Waals surface area contributed by atoms with Crippen LogP contribution in [-0.4, -0.2) is 28.6 Å². The first-order valence-corrected chi connectivity index (χ1v) is 11.0. The maximum atomic E-state index is 13.3. The number of rotatable bonds is 7. The zero-order chi connectivity index (χ0) is 22.2. The van der Waals surface area contributed by atoms with Gasteiger partial charge in [0.15, 0.2) is 12.2 Å². The maximum Gasteiger partial charge on any atom is 0.408 e. The van der Waals surface area contributed by atoms with E-state index in [2.05, 4.69) is 15.6 Å². The van der Waals surface area contributed by atoms with E-state index in [-0.39, 0.29) is 11.8 Å². The highest BCUT2D eigenvalue weighted by Gasteiger charge is 2.48. The highest BCUT2D eigenvalue weighted by molar-refractivity contribution is 5.97. The molecule has 2 amide bonds. The molecule has 1 aromatic carbocycles. The fraction of sp³-hybridized carbons (Fsp3) is 0.542. The molecular weight excluding hydrogens is 394 g/mol. The van der Waals surface area contributed by atoms with Gasteiger partial charge in [0.1, 0.15) is 11.6 Å². The average Bonchev–Trinajstić information content (AvgIpc) is 3.61. The van der Waals surface area contributed by atoms with Crippen LogP contribution in [0.1, 0.15) is 52.1 Å². The minimum absolute atomic E-state index is 0.156. The van der Waals surface area contributed by atoms with Crippen molar-refractivity contribution in [3.63, 3.8) is 0 Å². The third-order valence-electron chi connectivity index (χ3n) is 5.83. The molecular formula is C24H31N3O4. The number of carbonyl (C=O) groups excluding carboxylic acids is 2. The van der Waals surface area contributed by atoms with Crippen LogP contribution in [0.25, 0.3) is 11.3 Å². The van der Waals surface area contributed by atoms with Crippen molar-refractivity contribution in [2.75, 3.05) is 5.32 Å². The first-order valence-electron chi connectivity index (χ1n) is 11.0. The number of benzene rings is 1. The number of aromatic nitrogens is 1. The molecule has 1 aromatic heterocycles. The normalized spacial score (nSPS) is 17.3. The van der Waals surface area contributed by atoms with Gasteiger partial charge in [0.05, 0.1) is 5.69 Å². The molecule has 0 saturated heterocycles. The van der Waals surface area contributed by atoms with Crippen LogP contribution >= 0.6 is 0 Å². The summed E-state index contributed by atoms with van der Waals surface area (Å²) in [5.41, 5.74) is 1.77. The van der Waals surface area contributed by atoms with Gasteiger partial charge in [-0.2, -0.15) is 0 Å². The number of nitrogens with zero attached hydrogens (tertiary/aromatic N) is 1. The highest BCUT2D eigenvalue weighted by atomic mass is 16.6. The van der Waals surface area contributed by atoms with E-state index in [0.717, 1.165) is 36.9 Å². The van der Waals surface area contributed by atoms with Crippen LogP contribution in [0.2, 0.25) is 0 Å². The number of hydrogen-bond donors (Lipinski definition) is 2. The van der Waals surface area contributed by atoms with Crippen LogP contribution in [0.4, 0.5) is 10.5 Å². The molecule has 2 aliphatic rings. The lowest BCUT2D eigenvalue weighted by atomic mass is 9.88. The first kappa shape index (κ1) is 21.4. The van der Waals surface area contributed by atoms with E-state index in [4.69, 9.17) is 9.15 Å². The molecule has 2 aromatic rings. The molecule has 0 spiro atoms. The molecule has 31 heavy (non-hydrogen) atoms. The zero-order valence-corrected chi connectivity index (χ0v) is 18.6. The quantitative estimate of drug-likeness (QED) is 0.657. The number of anilines is 1. The van der Waals surface area contributed by atoms with Crippen molar-refractivity contribution < 1.29 is 18.7 Å². The van der Waals surface area contributed by atoms with Gasteiger partial charge in [-0.05, 0) is 95.4 Å². The van der Waals surface area contributed by atoms with Gasteiger partial charge in [-0.1, -0.05) is 0 Å². The predicted molar refractivity (Wildman–Crippen MR) is 117 cm³/mol. The van der Waals surface area contributed by atoms with Gasteiger partial charge in [-0.25, -0.2) is 9.78 Å². The SMILES string of the molecule is Cc1ncoc1-c1ccc(NC(=O)[C@@H](NC(=O)OC(C)(C)C)C(C2CC2)C2CC2)cc1. The van der Waals surface area contributed by atoms with Crippen LogP contribution in [-0.2, 0) is 9.53 Å². The standard InChI is InChI=1S/C24H31N3O4/c1-14-21(30-13-25-14)17-9-11-18(12-10-17)26-22(28)20(27-23(29)31-24(2,3)4)19(15-5-6-15)16-7-8-16/h9-13,15-16,19-20H,5-8H2,1-4H3,(H,26,28)(H,27,29)/t20-/m0/s1. The van der Waals surface area contributed by atoms with E-state index in [1.165, 1.54) is 6.39 Å². The smallest absolute Gasteiger partial charge is 0.408 e. The summed E-state index contributed by atoms with van der Waals surface area (Å²) in [5.74, 6) is 1.66. The van der Waals surface area contributed by atoms with Crippen molar-refractivity contribution in [3.05, 3.63) is 36.4 Å². The van der Waals surface area contributed by atoms with Gasteiger partial charge in [0, 0.05) is 11.3 Å². The lowest BCUT2D eigenvalue weighted by molar-refractivity contribution is -0.120. The third kappa shape index (κ3) is 5.46. The van der Waals surface area contributed by atoms with E-state index in [9.17, 15) is 9.59 Å². The zero-order valence-electron chi connectivity index (χ0n) is 18.6. The Hall–Kier alpha value is -2.83. The monoisotopic (exact) mass is 425 g/mol. The number of oxazole rings is 1. The van der Waals surface area contributed by atoms with Gasteiger partial charge in [0.2, 0.25) is 5.91 Å². The van der Waals surface area contributed by atoms with Gasteiger partial charge in [0.25, 0.3) is 0 Å². The summed E-state index contributed by atoms with van der Waals surface area (Å²) in [6, 6.07) is 6.84. The summed E-state index contributed by atoms with van der Waals surface area (Å²) in [6.45, 7) is 7.34. The van der Waals surface area contributed by atoms with E-state index in [0.29, 0.717) is 23.3 Å².